The fraction of sp³-hybridized carbons (Fsp3) is 0.222. The van der Waals surface area contributed by atoms with Crippen molar-refractivity contribution in [3.8, 4) is 11.5 Å². The van der Waals surface area contributed by atoms with Gasteiger partial charge >= 0.3 is 6.03 Å². The number of hydrogen-bond donors (Lipinski definition) is 3. The highest BCUT2D eigenvalue weighted by molar-refractivity contribution is 5.90. The minimum atomic E-state index is -0.242. The molecule has 2 amide bonds. The minimum absolute atomic E-state index is 0.0923. The standard InChI is InChI=1S/C27H29N3O3/c1-17-9-10-18(2)24(13-17)30-27(31)29-15-21(19-11-12-25(32-3)26(14-19)33-4)22-16-28-23-8-6-5-7-20(22)23/h5-14,16,21,28H,15H2,1-4H3,(H2,29,30,31)/t21-/m1/s1. The quantitative estimate of drug-likeness (QED) is 0.340. The van der Waals surface area contributed by atoms with Gasteiger partial charge in [0, 0.05) is 35.2 Å². The van der Waals surface area contributed by atoms with Gasteiger partial charge in [-0.3, -0.25) is 0 Å². The normalized spacial score (nSPS) is 11.8. The molecule has 4 rings (SSSR count). The number of fused-ring (bicyclic) bond motifs is 1. The summed E-state index contributed by atoms with van der Waals surface area (Å²) in [4.78, 5) is 16.1. The van der Waals surface area contributed by atoms with Crippen LogP contribution in [0.15, 0.2) is 66.9 Å². The van der Waals surface area contributed by atoms with E-state index in [1.807, 2.05) is 74.6 Å². The second kappa shape index (κ2) is 9.69. The molecule has 0 spiro atoms. The topological polar surface area (TPSA) is 75.4 Å². The van der Waals surface area contributed by atoms with E-state index in [1.165, 1.54) is 0 Å². The van der Waals surface area contributed by atoms with Gasteiger partial charge in [-0.25, -0.2) is 4.79 Å². The summed E-state index contributed by atoms with van der Waals surface area (Å²) in [5, 5.41) is 7.16. The maximum atomic E-state index is 12.8. The number of carbonyl (C=O) groups is 1. The SMILES string of the molecule is COc1ccc([C@@H](CNC(=O)Nc2cc(C)ccc2C)c2c[nH]c3ccccc23)cc1OC. The molecule has 0 saturated carbocycles. The number of amides is 2. The van der Waals surface area contributed by atoms with E-state index in [1.54, 1.807) is 14.2 Å². The smallest absolute Gasteiger partial charge is 0.319 e. The summed E-state index contributed by atoms with van der Waals surface area (Å²) in [6.45, 7) is 4.40. The lowest BCUT2D eigenvalue weighted by atomic mass is 9.90. The Kier molecular flexibility index (Phi) is 6.54. The van der Waals surface area contributed by atoms with Crippen LogP contribution in [0.1, 0.15) is 28.2 Å². The first-order valence-electron chi connectivity index (χ1n) is 10.9. The number of benzene rings is 3. The Morgan fingerprint density at radius 2 is 1.76 bits per heavy atom. The zero-order valence-corrected chi connectivity index (χ0v) is 19.4. The molecule has 0 unspecified atom stereocenters. The Balaban J connectivity index is 1.63. The number of aromatic nitrogens is 1. The number of aryl methyl sites for hydroxylation is 2. The average Bonchev–Trinajstić information content (AvgIpc) is 3.25. The highest BCUT2D eigenvalue weighted by Gasteiger charge is 2.21. The summed E-state index contributed by atoms with van der Waals surface area (Å²) in [5.74, 6) is 1.23. The van der Waals surface area contributed by atoms with E-state index in [0.29, 0.717) is 18.0 Å². The van der Waals surface area contributed by atoms with Crippen LogP contribution in [-0.2, 0) is 0 Å². The number of rotatable bonds is 7. The monoisotopic (exact) mass is 443 g/mol. The van der Waals surface area contributed by atoms with Crippen molar-refractivity contribution in [3.05, 3.63) is 89.1 Å². The molecule has 3 aromatic carbocycles. The predicted molar refractivity (Wildman–Crippen MR) is 133 cm³/mol. The first-order chi connectivity index (χ1) is 16.0. The van der Waals surface area contributed by atoms with Crippen molar-refractivity contribution in [2.45, 2.75) is 19.8 Å². The average molecular weight is 444 g/mol. The largest absolute Gasteiger partial charge is 0.493 e. The van der Waals surface area contributed by atoms with E-state index < -0.39 is 0 Å². The van der Waals surface area contributed by atoms with Gasteiger partial charge in [0.15, 0.2) is 11.5 Å². The third-order valence-electron chi connectivity index (χ3n) is 5.91. The van der Waals surface area contributed by atoms with Crippen molar-refractivity contribution in [1.82, 2.24) is 10.3 Å². The number of nitrogens with one attached hydrogen (secondary N) is 3. The van der Waals surface area contributed by atoms with Crippen LogP contribution in [0.25, 0.3) is 10.9 Å². The maximum Gasteiger partial charge on any atom is 0.319 e. The van der Waals surface area contributed by atoms with Crippen molar-refractivity contribution in [2.24, 2.45) is 0 Å². The molecule has 33 heavy (non-hydrogen) atoms. The lowest BCUT2D eigenvalue weighted by Crippen LogP contribution is -2.33. The van der Waals surface area contributed by atoms with Gasteiger partial charge in [-0.15, -0.1) is 0 Å². The Morgan fingerprint density at radius 1 is 0.970 bits per heavy atom. The van der Waals surface area contributed by atoms with Crippen molar-refractivity contribution >= 4 is 22.6 Å². The lowest BCUT2D eigenvalue weighted by Gasteiger charge is -2.20. The number of hydrogen-bond acceptors (Lipinski definition) is 3. The van der Waals surface area contributed by atoms with Crippen molar-refractivity contribution in [2.75, 3.05) is 26.1 Å². The number of carbonyl (C=O) groups excluding carboxylic acids is 1. The molecular weight excluding hydrogens is 414 g/mol. The number of H-pyrrole nitrogens is 1. The minimum Gasteiger partial charge on any atom is -0.493 e. The number of aromatic amines is 1. The van der Waals surface area contributed by atoms with Gasteiger partial charge in [0.25, 0.3) is 0 Å². The van der Waals surface area contributed by atoms with Crippen LogP contribution in [-0.4, -0.2) is 31.8 Å². The summed E-state index contributed by atoms with van der Waals surface area (Å²) in [6, 6.07) is 19.8. The van der Waals surface area contributed by atoms with Gasteiger partial charge in [-0.1, -0.05) is 36.4 Å². The van der Waals surface area contributed by atoms with Gasteiger partial charge in [0.2, 0.25) is 0 Å². The molecule has 4 aromatic rings. The third-order valence-corrected chi connectivity index (χ3v) is 5.91. The van der Waals surface area contributed by atoms with Crippen LogP contribution < -0.4 is 20.1 Å². The van der Waals surface area contributed by atoms with Crippen LogP contribution in [0.4, 0.5) is 10.5 Å². The molecule has 0 fully saturated rings. The number of urea groups is 1. The Morgan fingerprint density at radius 3 is 2.55 bits per heavy atom. The molecule has 0 aliphatic carbocycles. The maximum absolute atomic E-state index is 12.8. The third kappa shape index (κ3) is 4.80. The number of methoxy groups -OCH3 is 2. The molecule has 170 valence electrons. The molecule has 0 aliphatic heterocycles. The molecule has 1 heterocycles. The van der Waals surface area contributed by atoms with E-state index in [4.69, 9.17) is 9.47 Å². The molecule has 1 atom stereocenters. The van der Waals surface area contributed by atoms with Crippen LogP contribution in [0.3, 0.4) is 0 Å². The number of para-hydroxylation sites is 1. The lowest BCUT2D eigenvalue weighted by molar-refractivity contribution is 0.252. The van der Waals surface area contributed by atoms with Crippen molar-refractivity contribution in [1.29, 1.82) is 0 Å². The molecule has 0 radical (unpaired) electrons. The molecule has 6 heteroatoms. The second-order valence-corrected chi connectivity index (χ2v) is 8.11. The second-order valence-electron chi connectivity index (χ2n) is 8.11. The zero-order chi connectivity index (χ0) is 23.4. The van der Waals surface area contributed by atoms with Crippen molar-refractivity contribution in [3.63, 3.8) is 0 Å². The van der Waals surface area contributed by atoms with Crippen molar-refractivity contribution < 1.29 is 14.3 Å². The molecule has 0 bridgehead atoms. The van der Waals surface area contributed by atoms with E-state index in [9.17, 15) is 4.79 Å². The summed E-state index contributed by atoms with van der Waals surface area (Å²) < 4.78 is 10.9. The van der Waals surface area contributed by atoms with E-state index in [2.05, 4.69) is 21.7 Å². The molecule has 1 aromatic heterocycles. The van der Waals surface area contributed by atoms with Crippen LogP contribution in [0.2, 0.25) is 0 Å². The van der Waals surface area contributed by atoms with E-state index >= 15 is 0 Å². The Hall–Kier alpha value is -3.93. The first-order valence-corrected chi connectivity index (χ1v) is 10.9. The summed E-state index contributed by atoms with van der Waals surface area (Å²) >= 11 is 0. The first kappa shape index (κ1) is 22.3. The molecule has 6 nitrogen and oxygen atoms in total. The highest BCUT2D eigenvalue weighted by atomic mass is 16.5. The highest BCUT2D eigenvalue weighted by Crippen LogP contribution is 2.35. The fourth-order valence-corrected chi connectivity index (χ4v) is 4.09. The van der Waals surface area contributed by atoms with Gasteiger partial charge in [0.1, 0.15) is 0 Å². The molecule has 3 N–H and O–H groups in total. The summed E-state index contributed by atoms with van der Waals surface area (Å²) in [5.41, 5.74) is 6.09. The van der Waals surface area contributed by atoms with Crippen LogP contribution >= 0.6 is 0 Å². The molecular formula is C27H29N3O3. The Labute approximate surface area is 193 Å². The number of ether oxygens (including phenoxy) is 2. The van der Waals surface area contributed by atoms with Gasteiger partial charge in [-0.05, 0) is 60.4 Å². The molecule has 0 aliphatic rings. The number of anilines is 1. The molecule has 0 saturated heterocycles. The summed E-state index contributed by atoms with van der Waals surface area (Å²) in [7, 11) is 3.24. The fourth-order valence-electron chi connectivity index (χ4n) is 4.09. The predicted octanol–water partition coefficient (Wildman–Crippen LogP) is 5.76. The van der Waals surface area contributed by atoms with Gasteiger partial charge in [-0.2, -0.15) is 0 Å². The van der Waals surface area contributed by atoms with E-state index in [0.717, 1.165) is 38.8 Å². The zero-order valence-electron chi connectivity index (χ0n) is 19.4. The van der Waals surface area contributed by atoms with Gasteiger partial charge in [0.05, 0.1) is 14.2 Å². The Bertz CT molecular complexity index is 1280. The van der Waals surface area contributed by atoms with E-state index in [-0.39, 0.29) is 11.9 Å². The van der Waals surface area contributed by atoms with Crippen LogP contribution in [0, 0.1) is 13.8 Å². The van der Waals surface area contributed by atoms with Crippen LogP contribution in [0.5, 0.6) is 11.5 Å². The van der Waals surface area contributed by atoms with Gasteiger partial charge < -0.3 is 25.1 Å². The summed E-state index contributed by atoms with van der Waals surface area (Å²) in [6.07, 6.45) is 2.01.